The highest BCUT2D eigenvalue weighted by atomic mass is 35.5. The molecule has 0 bridgehead atoms. The maximum absolute atomic E-state index is 12.4. The van der Waals surface area contributed by atoms with Gasteiger partial charge in [0.1, 0.15) is 23.9 Å². The molecule has 6 nitrogen and oxygen atoms in total. The van der Waals surface area contributed by atoms with Crippen molar-refractivity contribution in [1.82, 2.24) is 15.6 Å². The number of nitrogens with one attached hydrogen (secondary N) is 2. The number of piperidine rings is 1. The van der Waals surface area contributed by atoms with Gasteiger partial charge in [-0.2, -0.15) is 0 Å². The minimum atomic E-state index is -0.108. The normalized spacial score (nSPS) is 18.2. The van der Waals surface area contributed by atoms with Gasteiger partial charge in [0.15, 0.2) is 11.5 Å². The molecule has 2 aliphatic heterocycles. The Morgan fingerprint density at radius 3 is 2.81 bits per heavy atom. The number of thiazole rings is 1. The third-order valence-corrected chi connectivity index (χ3v) is 5.05. The second-order valence-corrected chi connectivity index (χ2v) is 6.77. The minimum absolute atomic E-state index is 0. The fourth-order valence-electron chi connectivity index (χ4n) is 2.92. The molecule has 2 N–H and O–H groups in total. The fourth-order valence-corrected chi connectivity index (χ4v) is 3.72. The average Bonchev–Trinajstić information content (AvgIpc) is 3.12. The fraction of sp³-hybridized carbons (Fsp3) is 0.412. The minimum Gasteiger partial charge on any atom is -0.486 e. The van der Waals surface area contributed by atoms with Crippen LogP contribution in [0.15, 0.2) is 23.6 Å². The highest BCUT2D eigenvalue weighted by Gasteiger charge is 2.19. The van der Waals surface area contributed by atoms with E-state index in [1.54, 1.807) is 5.38 Å². The molecule has 2 aliphatic rings. The van der Waals surface area contributed by atoms with Crippen LogP contribution in [0.1, 0.15) is 23.3 Å². The van der Waals surface area contributed by atoms with Crippen LogP contribution in [0, 0.1) is 0 Å². The summed E-state index contributed by atoms with van der Waals surface area (Å²) in [5, 5.41) is 8.95. The van der Waals surface area contributed by atoms with Crippen molar-refractivity contribution in [2.24, 2.45) is 0 Å². The molecular formula is C17H21Cl2N3O3S. The highest BCUT2D eigenvalue weighted by molar-refractivity contribution is 7.13. The predicted molar refractivity (Wildman–Crippen MR) is 106 cm³/mol. The Morgan fingerprint density at radius 1 is 1.23 bits per heavy atom. The second kappa shape index (κ2) is 9.41. The van der Waals surface area contributed by atoms with Crippen LogP contribution < -0.4 is 20.1 Å². The summed E-state index contributed by atoms with van der Waals surface area (Å²) in [6.07, 6.45) is 2.10. The SMILES string of the molecule is Cl.Cl.O=C(N[C@H]1CCCNC1)c1csc(-c2ccc3c(c2)OCCO3)n1. The molecule has 9 heteroatoms. The first kappa shape index (κ1) is 20.8. The Hall–Kier alpha value is -1.54. The molecule has 1 saturated heterocycles. The molecule has 1 aromatic carbocycles. The average molecular weight is 418 g/mol. The van der Waals surface area contributed by atoms with E-state index in [1.807, 2.05) is 18.2 Å². The van der Waals surface area contributed by atoms with Gasteiger partial charge in [0, 0.05) is 23.5 Å². The molecule has 1 fully saturated rings. The lowest BCUT2D eigenvalue weighted by molar-refractivity contribution is 0.0926. The van der Waals surface area contributed by atoms with Crippen LogP contribution in [-0.2, 0) is 0 Å². The summed E-state index contributed by atoms with van der Waals surface area (Å²) < 4.78 is 11.1. The van der Waals surface area contributed by atoms with Gasteiger partial charge in [-0.3, -0.25) is 4.79 Å². The molecule has 0 spiro atoms. The first-order valence-corrected chi connectivity index (χ1v) is 9.05. The number of hydrogen-bond donors (Lipinski definition) is 2. The number of ether oxygens (including phenoxy) is 2. The van der Waals surface area contributed by atoms with Crippen molar-refractivity contribution in [2.45, 2.75) is 18.9 Å². The Balaban J connectivity index is 0.00000121. The van der Waals surface area contributed by atoms with Crippen molar-refractivity contribution in [1.29, 1.82) is 0 Å². The Kier molecular flexibility index (Phi) is 7.52. The zero-order valence-electron chi connectivity index (χ0n) is 14.0. The summed E-state index contributed by atoms with van der Waals surface area (Å²) in [7, 11) is 0. The summed E-state index contributed by atoms with van der Waals surface area (Å²) in [6.45, 7) is 2.98. The number of halogens is 2. The maximum Gasteiger partial charge on any atom is 0.271 e. The monoisotopic (exact) mass is 417 g/mol. The lowest BCUT2D eigenvalue weighted by atomic mass is 10.1. The number of hydrogen-bond acceptors (Lipinski definition) is 6. The molecule has 2 aromatic rings. The number of carbonyl (C=O) groups excluding carboxylic acids is 1. The van der Waals surface area contributed by atoms with Crippen LogP contribution in [0.3, 0.4) is 0 Å². The lowest BCUT2D eigenvalue weighted by Gasteiger charge is -2.23. The van der Waals surface area contributed by atoms with E-state index in [9.17, 15) is 4.79 Å². The zero-order valence-corrected chi connectivity index (χ0v) is 16.5. The summed E-state index contributed by atoms with van der Waals surface area (Å²) in [4.78, 5) is 16.8. The number of amides is 1. The van der Waals surface area contributed by atoms with E-state index in [2.05, 4.69) is 15.6 Å². The van der Waals surface area contributed by atoms with Gasteiger partial charge in [-0.1, -0.05) is 0 Å². The van der Waals surface area contributed by atoms with Gasteiger partial charge < -0.3 is 20.1 Å². The van der Waals surface area contributed by atoms with Crippen molar-refractivity contribution >= 4 is 42.1 Å². The quantitative estimate of drug-likeness (QED) is 0.802. The number of fused-ring (bicyclic) bond motifs is 1. The zero-order chi connectivity index (χ0) is 16.4. The lowest BCUT2D eigenvalue weighted by Crippen LogP contribution is -2.45. The molecule has 3 heterocycles. The molecular weight excluding hydrogens is 397 g/mol. The molecule has 0 radical (unpaired) electrons. The van der Waals surface area contributed by atoms with Gasteiger partial charge in [-0.25, -0.2) is 4.98 Å². The topological polar surface area (TPSA) is 72.5 Å². The summed E-state index contributed by atoms with van der Waals surface area (Å²) in [5.74, 6) is 1.38. The molecule has 26 heavy (non-hydrogen) atoms. The number of rotatable bonds is 3. The highest BCUT2D eigenvalue weighted by Crippen LogP contribution is 2.35. The molecule has 0 saturated carbocycles. The van der Waals surface area contributed by atoms with E-state index in [0.717, 1.165) is 48.0 Å². The molecule has 0 unspecified atom stereocenters. The number of nitrogens with zero attached hydrogens (tertiary/aromatic N) is 1. The smallest absolute Gasteiger partial charge is 0.271 e. The van der Waals surface area contributed by atoms with Crippen molar-refractivity contribution in [2.75, 3.05) is 26.3 Å². The van der Waals surface area contributed by atoms with Crippen molar-refractivity contribution < 1.29 is 14.3 Å². The van der Waals surface area contributed by atoms with Gasteiger partial charge in [0.2, 0.25) is 0 Å². The predicted octanol–water partition coefficient (Wildman–Crippen LogP) is 2.91. The van der Waals surface area contributed by atoms with Crippen LogP contribution in [-0.4, -0.2) is 43.2 Å². The van der Waals surface area contributed by atoms with E-state index in [-0.39, 0.29) is 36.8 Å². The van der Waals surface area contributed by atoms with E-state index < -0.39 is 0 Å². The molecule has 142 valence electrons. The Labute approximate surface area is 168 Å². The number of benzene rings is 1. The molecule has 1 atom stereocenters. The van der Waals surface area contributed by atoms with Crippen LogP contribution in [0.5, 0.6) is 11.5 Å². The van der Waals surface area contributed by atoms with Crippen LogP contribution in [0.25, 0.3) is 10.6 Å². The van der Waals surface area contributed by atoms with Crippen molar-refractivity contribution in [3.8, 4) is 22.1 Å². The summed E-state index contributed by atoms with van der Waals surface area (Å²) >= 11 is 1.46. The third kappa shape index (κ3) is 4.59. The maximum atomic E-state index is 12.4. The molecule has 0 aliphatic carbocycles. The first-order chi connectivity index (χ1) is 11.8. The number of carbonyl (C=O) groups is 1. The van der Waals surface area contributed by atoms with Crippen molar-refractivity contribution in [3.05, 3.63) is 29.3 Å². The van der Waals surface area contributed by atoms with E-state index in [0.29, 0.717) is 18.9 Å². The first-order valence-electron chi connectivity index (χ1n) is 8.17. The molecule has 1 amide bonds. The van der Waals surface area contributed by atoms with E-state index >= 15 is 0 Å². The molecule has 1 aromatic heterocycles. The Morgan fingerprint density at radius 2 is 2.04 bits per heavy atom. The standard InChI is InChI=1S/C17H19N3O3S.2ClH/c21-16(19-12-2-1-5-18-9-12)13-10-24-17(20-13)11-3-4-14-15(8-11)23-7-6-22-14;;/h3-4,8,10,12,18H,1-2,5-7,9H2,(H,19,21);2*1H/t12-;;/m0../s1. The largest absolute Gasteiger partial charge is 0.486 e. The third-order valence-electron chi connectivity index (χ3n) is 4.16. The summed E-state index contributed by atoms with van der Waals surface area (Å²) in [6, 6.07) is 5.93. The van der Waals surface area contributed by atoms with Crippen LogP contribution >= 0.6 is 36.2 Å². The van der Waals surface area contributed by atoms with Crippen LogP contribution in [0.2, 0.25) is 0 Å². The van der Waals surface area contributed by atoms with E-state index in [4.69, 9.17) is 9.47 Å². The van der Waals surface area contributed by atoms with Crippen LogP contribution in [0.4, 0.5) is 0 Å². The Bertz CT molecular complexity index is 751. The van der Waals surface area contributed by atoms with Gasteiger partial charge >= 0.3 is 0 Å². The van der Waals surface area contributed by atoms with Crippen molar-refractivity contribution in [3.63, 3.8) is 0 Å². The second-order valence-electron chi connectivity index (χ2n) is 5.91. The van der Waals surface area contributed by atoms with Gasteiger partial charge in [-0.15, -0.1) is 36.2 Å². The van der Waals surface area contributed by atoms with Gasteiger partial charge in [0.05, 0.1) is 0 Å². The molecule has 4 rings (SSSR count). The van der Waals surface area contributed by atoms with Gasteiger partial charge in [0.25, 0.3) is 5.91 Å². The van der Waals surface area contributed by atoms with E-state index in [1.165, 1.54) is 11.3 Å². The van der Waals surface area contributed by atoms with Gasteiger partial charge in [-0.05, 0) is 37.6 Å². The number of aromatic nitrogens is 1. The summed E-state index contributed by atoms with van der Waals surface area (Å²) in [5.41, 5.74) is 1.40.